The highest BCUT2D eigenvalue weighted by atomic mass is 15.2. The van der Waals surface area contributed by atoms with Crippen molar-refractivity contribution in [2.24, 2.45) is 0 Å². The van der Waals surface area contributed by atoms with Gasteiger partial charge in [-0.25, -0.2) is 0 Å². The third kappa shape index (κ3) is 2.36. The fraction of sp³-hybridized carbons (Fsp3) is 0.267. The first-order valence-electron chi connectivity index (χ1n) is 6.39. The minimum atomic E-state index is 1.08. The summed E-state index contributed by atoms with van der Waals surface area (Å²) < 4.78 is 0. The van der Waals surface area contributed by atoms with E-state index in [1.165, 1.54) is 16.8 Å². The van der Waals surface area contributed by atoms with Gasteiger partial charge in [0.15, 0.2) is 0 Å². The van der Waals surface area contributed by atoms with Crippen molar-refractivity contribution in [1.29, 1.82) is 0 Å². The van der Waals surface area contributed by atoms with Crippen molar-refractivity contribution in [3.63, 3.8) is 0 Å². The Morgan fingerprint density at radius 3 is 2.11 bits per heavy atom. The average molecular weight is 239 g/mol. The van der Waals surface area contributed by atoms with Crippen molar-refractivity contribution in [3.05, 3.63) is 48.8 Å². The molecular weight excluding hydrogens is 222 g/mol. The normalized spacial score (nSPS) is 15.7. The molecule has 92 valence electrons. The van der Waals surface area contributed by atoms with Gasteiger partial charge in [-0.05, 0) is 35.4 Å². The Labute approximate surface area is 107 Å². The van der Waals surface area contributed by atoms with Crippen LogP contribution in [0.15, 0.2) is 48.8 Å². The summed E-state index contributed by atoms with van der Waals surface area (Å²) in [6.45, 7) is 4.33. The third-order valence-corrected chi connectivity index (χ3v) is 3.36. The van der Waals surface area contributed by atoms with E-state index < -0.39 is 0 Å². The maximum absolute atomic E-state index is 4.05. The molecular formula is C15H17N3. The van der Waals surface area contributed by atoms with E-state index in [1.807, 2.05) is 24.5 Å². The number of nitrogens with zero attached hydrogens (tertiary/aromatic N) is 2. The van der Waals surface area contributed by atoms with Crippen molar-refractivity contribution < 1.29 is 0 Å². The molecule has 0 atom stereocenters. The van der Waals surface area contributed by atoms with Crippen molar-refractivity contribution in [2.75, 3.05) is 31.1 Å². The lowest BCUT2D eigenvalue weighted by Crippen LogP contribution is -2.43. The smallest absolute Gasteiger partial charge is 0.0367 e. The number of hydrogen-bond donors (Lipinski definition) is 1. The Kier molecular flexibility index (Phi) is 3.24. The van der Waals surface area contributed by atoms with Crippen LogP contribution in [0.2, 0.25) is 0 Å². The molecule has 1 saturated heterocycles. The van der Waals surface area contributed by atoms with Crippen LogP contribution in [0.5, 0.6) is 0 Å². The van der Waals surface area contributed by atoms with Gasteiger partial charge in [-0.3, -0.25) is 4.98 Å². The van der Waals surface area contributed by atoms with Gasteiger partial charge in [0.05, 0.1) is 0 Å². The molecule has 18 heavy (non-hydrogen) atoms. The largest absolute Gasteiger partial charge is 0.369 e. The molecule has 1 aromatic heterocycles. The monoisotopic (exact) mass is 239 g/mol. The van der Waals surface area contributed by atoms with Gasteiger partial charge in [0, 0.05) is 44.3 Å². The van der Waals surface area contributed by atoms with Gasteiger partial charge in [0.2, 0.25) is 0 Å². The molecule has 0 unspecified atom stereocenters. The van der Waals surface area contributed by atoms with Crippen LogP contribution in [0.1, 0.15) is 0 Å². The van der Waals surface area contributed by atoms with E-state index in [2.05, 4.69) is 39.5 Å². The number of rotatable bonds is 2. The Bertz CT molecular complexity index is 487. The molecule has 0 bridgehead atoms. The van der Waals surface area contributed by atoms with Gasteiger partial charge in [-0.15, -0.1) is 0 Å². The van der Waals surface area contributed by atoms with Crippen LogP contribution in [0.4, 0.5) is 5.69 Å². The Balaban J connectivity index is 1.80. The van der Waals surface area contributed by atoms with Gasteiger partial charge in [-0.2, -0.15) is 0 Å². The highest BCUT2D eigenvalue weighted by Gasteiger charge is 2.09. The second-order valence-electron chi connectivity index (χ2n) is 4.52. The van der Waals surface area contributed by atoms with E-state index in [9.17, 15) is 0 Å². The maximum Gasteiger partial charge on any atom is 0.0367 e. The van der Waals surface area contributed by atoms with Crippen LogP contribution in [0.3, 0.4) is 0 Å². The van der Waals surface area contributed by atoms with Crippen molar-refractivity contribution in [2.45, 2.75) is 0 Å². The number of aromatic nitrogens is 1. The van der Waals surface area contributed by atoms with Crippen LogP contribution in [-0.2, 0) is 0 Å². The Morgan fingerprint density at radius 1 is 0.833 bits per heavy atom. The summed E-state index contributed by atoms with van der Waals surface area (Å²) in [5.41, 5.74) is 3.78. The molecule has 1 N–H and O–H groups in total. The van der Waals surface area contributed by atoms with Crippen LogP contribution in [0.25, 0.3) is 11.1 Å². The molecule has 2 heterocycles. The molecule has 0 spiro atoms. The summed E-state index contributed by atoms with van der Waals surface area (Å²) in [5.74, 6) is 0. The summed E-state index contributed by atoms with van der Waals surface area (Å²) in [7, 11) is 0. The lowest BCUT2D eigenvalue weighted by Gasteiger charge is -2.29. The summed E-state index contributed by atoms with van der Waals surface area (Å²) in [6, 6.07) is 12.9. The number of pyridine rings is 1. The van der Waals surface area contributed by atoms with E-state index in [0.29, 0.717) is 0 Å². The number of anilines is 1. The molecule has 0 aliphatic carbocycles. The van der Waals surface area contributed by atoms with Gasteiger partial charge >= 0.3 is 0 Å². The first-order chi connectivity index (χ1) is 8.93. The highest BCUT2D eigenvalue weighted by Crippen LogP contribution is 2.22. The average Bonchev–Trinajstić information content (AvgIpc) is 2.49. The van der Waals surface area contributed by atoms with Gasteiger partial charge in [-0.1, -0.05) is 12.1 Å². The zero-order valence-corrected chi connectivity index (χ0v) is 10.3. The molecule has 0 saturated carbocycles. The minimum Gasteiger partial charge on any atom is -0.369 e. The number of piperazine rings is 1. The number of nitrogens with one attached hydrogen (secondary N) is 1. The van der Waals surface area contributed by atoms with Gasteiger partial charge in [0.25, 0.3) is 0 Å². The van der Waals surface area contributed by atoms with Gasteiger partial charge < -0.3 is 10.2 Å². The summed E-state index contributed by atoms with van der Waals surface area (Å²) in [6.07, 6.45) is 3.67. The number of hydrogen-bond acceptors (Lipinski definition) is 3. The predicted octanol–water partition coefficient (Wildman–Crippen LogP) is 2.16. The zero-order valence-electron chi connectivity index (χ0n) is 10.3. The predicted molar refractivity (Wildman–Crippen MR) is 74.8 cm³/mol. The summed E-state index contributed by atoms with van der Waals surface area (Å²) >= 11 is 0. The second-order valence-corrected chi connectivity index (χ2v) is 4.52. The van der Waals surface area contributed by atoms with Crippen molar-refractivity contribution >= 4 is 5.69 Å². The zero-order chi connectivity index (χ0) is 12.2. The van der Waals surface area contributed by atoms with E-state index >= 15 is 0 Å². The van der Waals surface area contributed by atoms with Crippen LogP contribution in [0, 0.1) is 0 Å². The molecule has 1 aromatic carbocycles. The minimum absolute atomic E-state index is 1.08. The first kappa shape index (κ1) is 11.2. The fourth-order valence-electron chi connectivity index (χ4n) is 2.33. The van der Waals surface area contributed by atoms with E-state index in [0.717, 1.165) is 26.2 Å². The molecule has 1 fully saturated rings. The van der Waals surface area contributed by atoms with E-state index in [-0.39, 0.29) is 0 Å². The lowest BCUT2D eigenvalue weighted by molar-refractivity contribution is 0.589. The van der Waals surface area contributed by atoms with Crippen LogP contribution >= 0.6 is 0 Å². The Morgan fingerprint density at radius 2 is 1.44 bits per heavy atom. The maximum atomic E-state index is 4.05. The molecule has 3 nitrogen and oxygen atoms in total. The molecule has 2 aromatic rings. The molecule has 1 aliphatic heterocycles. The van der Waals surface area contributed by atoms with E-state index in [4.69, 9.17) is 0 Å². The summed E-state index contributed by atoms with van der Waals surface area (Å²) in [4.78, 5) is 6.47. The fourth-order valence-corrected chi connectivity index (χ4v) is 2.33. The summed E-state index contributed by atoms with van der Waals surface area (Å²) in [5, 5.41) is 3.37. The SMILES string of the molecule is c1cc(-c2ccc(N3CCNCC3)cc2)ccn1. The van der Waals surface area contributed by atoms with Gasteiger partial charge in [0.1, 0.15) is 0 Å². The van der Waals surface area contributed by atoms with Crippen molar-refractivity contribution in [3.8, 4) is 11.1 Å². The molecule has 3 rings (SSSR count). The topological polar surface area (TPSA) is 28.2 Å². The van der Waals surface area contributed by atoms with Crippen LogP contribution < -0.4 is 10.2 Å². The molecule has 3 heteroatoms. The molecule has 0 amide bonds. The molecule has 1 aliphatic rings. The third-order valence-electron chi connectivity index (χ3n) is 3.36. The lowest BCUT2D eigenvalue weighted by atomic mass is 10.1. The highest BCUT2D eigenvalue weighted by molar-refractivity contribution is 5.65. The standard InChI is InChI=1S/C15H17N3/c1-3-15(18-11-9-17-10-12-18)4-2-13(1)14-5-7-16-8-6-14/h1-8,17H,9-12H2. The second kappa shape index (κ2) is 5.19. The molecule has 0 radical (unpaired) electrons. The van der Waals surface area contributed by atoms with E-state index in [1.54, 1.807) is 0 Å². The number of benzene rings is 1. The quantitative estimate of drug-likeness (QED) is 0.870. The van der Waals surface area contributed by atoms with Crippen molar-refractivity contribution in [1.82, 2.24) is 10.3 Å². The Hall–Kier alpha value is -1.87. The van der Waals surface area contributed by atoms with Crippen LogP contribution in [-0.4, -0.2) is 31.2 Å². The first-order valence-corrected chi connectivity index (χ1v) is 6.39.